The zero-order chi connectivity index (χ0) is 20.7. The van der Waals surface area contributed by atoms with Crippen molar-refractivity contribution in [3.05, 3.63) is 59.2 Å². The lowest BCUT2D eigenvalue weighted by atomic mass is 10.0. The Morgan fingerprint density at radius 1 is 1.24 bits per heavy atom. The van der Waals surface area contributed by atoms with E-state index in [9.17, 15) is 18.4 Å². The summed E-state index contributed by atoms with van der Waals surface area (Å²) in [6.07, 6.45) is -0.838. The van der Waals surface area contributed by atoms with Crippen LogP contribution in [0.4, 0.5) is 19.1 Å². The van der Waals surface area contributed by atoms with Gasteiger partial charge in [0.25, 0.3) is 0 Å². The van der Waals surface area contributed by atoms with E-state index in [2.05, 4.69) is 11.1 Å². The maximum absolute atomic E-state index is 14.0. The van der Waals surface area contributed by atoms with Gasteiger partial charge in [-0.3, -0.25) is 0 Å². The number of imidazole rings is 1. The van der Waals surface area contributed by atoms with Crippen molar-refractivity contribution in [3.8, 4) is 6.07 Å². The second-order valence-corrected chi connectivity index (χ2v) is 7.36. The van der Waals surface area contributed by atoms with E-state index in [1.54, 1.807) is 22.8 Å². The van der Waals surface area contributed by atoms with Crippen LogP contribution in [-0.4, -0.2) is 34.9 Å². The minimum atomic E-state index is -1.09. The normalized spacial score (nSPS) is 20.6. The predicted octanol–water partition coefficient (Wildman–Crippen LogP) is 3.67. The van der Waals surface area contributed by atoms with Crippen molar-refractivity contribution in [2.45, 2.75) is 31.6 Å². The quantitative estimate of drug-likeness (QED) is 0.730. The molecular formula is C21H20F3N5. The van der Waals surface area contributed by atoms with Crippen LogP contribution in [-0.2, 0) is 0 Å². The van der Waals surface area contributed by atoms with Crippen LogP contribution in [0.1, 0.15) is 30.5 Å². The number of alkyl halides is 1. The van der Waals surface area contributed by atoms with Gasteiger partial charge in [0.1, 0.15) is 6.17 Å². The molecule has 2 N–H and O–H groups in total. The highest BCUT2D eigenvalue weighted by Gasteiger charge is 2.30. The summed E-state index contributed by atoms with van der Waals surface area (Å²) in [5, 5.41) is 9.21. The van der Waals surface area contributed by atoms with Crippen LogP contribution >= 0.6 is 0 Å². The molecule has 29 heavy (non-hydrogen) atoms. The lowest BCUT2D eigenvalue weighted by Gasteiger charge is -2.35. The number of piperidine rings is 1. The van der Waals surface area contributed by atoms with Crippen molar-refractivity contribution in [2.24, 2.45) is 5.73 Å². The van der Waals surface area contributed by atoms with Crippen molar-refractivity contribution in [3.63, 3.8) is 0 Å². The van der Waals surface area contributed by atoms with E-state index < -0.39 is 23.8 Å². The monoisotopic (exact) mass is 399 g/mol. The molecule has 1 aliphatic rings. The Kier molecular flexibility index (Phi) is 4.92. The summed E-state index contributed by atoms with van der Waals surface area (Å²) in [6.45, 7) is 2.54. The van der Waals surface area contributed by atoms with Gasteiger partial charge in [0, 0.05) is 25.2 Å². The SMILES string of the molecule is CC(c1cccc(C#N)c1)n1c(N2CC[C@@H](F)[C@H](N)C2)nc2cc(F)c(F)cc21. The highest BCUT2D eigenvalue weighted by Crippen LogP contribution is 2.33. The molecule has 1 aliphatic heterocycles. The van der Waals surface area contributed by atoms with Gasteiger partial charge < -0.3 is 15.2 Å². The highest BCUT2D eigenvalue weighted by molar-refractivity contribution is 5.79. The Morgan fingerprint density at radius 2 is 2.00 bits per heavy atom. The molecule has 1 saturated heterocycles. The lowest BCUT2D eigenvalue weighted by Crippen LogP contribution is -2.50. The second-order valence-electron chi connectivity index (χ2n) is 7.36. The molecule has 5 nitrogen and oxygen atoms in total. The number of benzene rings is 2. The summed E-state index contributed by atoms with van der Waals surface area (Å²) in [5.74, 6) is -1.48. The van der Waals surface area contributed by atoms with E-state index in [1.165, 1.54) is 0 Å². The van der Waals surface area contributed by atoms with E-state index >= 15 is 0 Å². The van der Waals surface area contributed by atoms with Crippen molar-refractivity contribution in [1.29, 1.82) is 5.26 Å². The van der Waals surface area contributed by atoms with E-state index in [0.29, 0.717) is 29.1 Å². The third-order valence-corrected chi connectivity index (χ3v) is 5.45. The average Bonchev–Trinajstić information content (AvgIpc) is 3.08. The topological polar surface area (TPSA) is 70.9 Å². The Hall–Kier alpha value is -3.05. The summed E-state index contributed by atoms with van der Waals surface area (Å²) in [5.41, 5.74) is 7.96. The molecular weight excluding hydrogens is 379 g/mol. The summed E-state index contributed by atoms with van der Waals surface area (Å²) in [6, 6.07) is 10.4. The van der Waals surface area contributed by atoms with E-state index in [1.807, 2.05) is 17.9 Å². The predicted molar refractivity (Wildman–Crippen MR) is 104 cm³/mol. The van der Waals surface area contributed by atoms with Crippen LogP contribution in [0.2, 0.25) is 0 Å². The number of nitrogens with two attached hydrogens (primary N) is 1. The zero-order valence-corrected chi connectivity index (χ0v) is 15.8. The van der Waals surface area contributed by atoms with E-state index in [4.69, 9.17) is 5.73 Å². The Balaban J connectivity index is 1.88. The maximum Gasteiger partial charge on any atom is 0.207 e. The molecule has 2 heterocycles. The fraction of sp³-hybridized carbons (Fsp3) is 0.333. The van der Waals surface area contributed by atoms with Crippen molar-refractivity contribution >= 4 is 17.0 Å². The number of anilines is 1. The largest absolute Gasteiger partial charge is 0.340 e. The number of nitriles is 1. The second kappa shape index (κ2) is 7.41. The molecule has 1 aromatic heterocycles. The summed E-state index contributed by atoms with van der Waals surface area (Å²) in [7, 11) is 0. The molecule has 0 saturated carbocycles. The van der Waals surface area contributed by atoms with Crippen LogP contribution in [0.3, 0.4) is 0 Å². The molecule has 0 radical (unpaired) electrons. The van der Waals surface area contributed by atoms with Gasteiger partial charge in [0.05, 0.1) is 34.7 Å². The highest BCUT2D eigenvalue weighted by atomic mass is 19.2. The number of fused-ring (bicyclic) bond motifs is 1. The van der Waals surface area contributed by atoms with Crippen LogP contribution in [0.5, 0.6) is 0 Å². The van der Waals surface area contributed by atoms with Crippen molar-refractivity contribution < 1.29 is 13.2 Å². The van der Waals surface area contributed by atoms with Gasteiger partial charge in [-0.1, -0.05) is 12.1 Å². The fourth-order valence-electron chi connectivity index (χ4n) is 3.83. The van der Waals surface area contributed by atoms with Crippen molar-refractivity contribution in [1.82, 2.24) is 9.55 Å². The van der Waals surface area contributed by atoms with Gasteiger partial charge in [-0.25, -0.2) is 18.2 Å². The molecule has 0 spiro atoms. The van der Waals surface area contributed by atoms with E-state index in [-0.39, 0.29) is 19.0 Å². The first-order valence-electron chi connectivity index (χ1n) is 9.40. The number of nitrogens with zero attached hydrogens (tertiary/aromatic N) is 4. The van der Waals surface area contributed by atoms with Crippen LogP contribution in [0.15, 0.2) is 36.4 Å². The molecule has 3 atom stereocenters. The van der Waals surface area contributed by atoms with Crippen LogP contribution in [0.25, 0.3) is 11.0 Å². The maximum atomic E-state index is 14.0. The van der Waals surface area contributed by atoms with Gasteiger partial charge in [-0.15, -0.1) is 0 Å². The zero-order valence-electron chi connectivity index (χ0n) is 15.8. The number of rotatable bonds is 3. The first kappa shape index (κ1) is 19.3. The molecule has 3 aromatic rings. The Morgan fingerprint density at radius 3 is 2.72 bits per heavy atom. The van der Waals surface area contributed by atoms with Gasteiger partial charge in [0.2, 0.25) is 5.95 Å². The molecule has 0 bridgehead atoms. The van der Waals surface area contributed by atoms with Crippen LogP contribution < -0.4 is 10.6 Å². The number of hydrogen-bond acceptors (Lipinski definition) is 4. The number of halogens is 3. The Bertz CT molecular complexity index is 1100. The molecule has 4 rings (SSSR count). The molecule has 1 fully saturated rings. The molecule has 0 amide bonds. The molecule has 2 aromatic carbocycles. The molecule has 1 unspecified atom stereocenters. The number of hydrogen-bond donors (Lipinski definition) is 1. The fourth-order valence-corrected chi connectivity index (χ4v) is 3.83. The Labute approximate surface area is 166 Å². The molecule has 0 aliphatic carbocycles. The minimum absolute atomic E-state index is 0.250. The number of aromatic nitrogens is 2. The molecule has 8 heteroatoms. The van der Waals surface area contributed by atoms with E-state index in [0.717, 1.165) is 17.7 Å². The average molecular weight is 399 g/mol. The standard InChI is InChI=1S/C21H20F3N5/c1-12(14-4-2-3-13(7-14)10-25)29-20-9-17(24)16(23)8-19(20)27-21(29)28-6-5-15(22)18(26)11-28/h2-4,7-9,12,15,18H,5-6,11,26H2,1H3/t12?,15-,18-/m1/s1. The first-order chi connectivity index (χ1) is 13.9. The smallest absolute Gasteiger partial charge is 0.207 e. The summed E-state index contributed by atoms with van der Waals surface area (Å²) in [4.78, 5) is 6.37. The van der Waals surface area contributed by atoms with Gasteiger partial charge in [0.15, 0.2) is 11.6 Å². The minimum Gasteiger partial charge on any atom is -0.340 e. The molecule has 150 valence electrons. The van der Waals surface area contributed by atoms with Crippen molar-refractivity contribution in [2.75, 3.05) is 18.0 Å². The summed E-state index contributed by atoms with van der Waals surface area (Å²) >= 11 is 0. The lowest BCUT2D eigenvalue weighted by molar-refractivity contribution is 0.243. The summed E-state index contributed by atoms with van der Waals surface area (Å²) < 4.78 is 43.5. The van der Waals surface area contributed by atoms with Crippen LogP contribution in [0, 0.1) is 23.0 Å². The first-order valence-corrected chi connectivity index (χ1v) is 9.40. The third-order valence-electron chi connectivity index (χ3n) is 5.45. The van der Waals surface area contributed by atoms with Gasteiger partial charge >= 0.3 is 0 Å². The van der Waals surface area contributed by atoms with Gasteiger partial charge in [-0.2, -0.15) is 5.26 Å². The van der Waals surface area contributed by atoms with Gasteiger partial charge in [-0.05, 0) is 31.0 Å². The third kappa shape index (κ3) is 3.42.